The average Bonchev–Trinajstić information content (AvgIpc) is 3.46. The summed E-state index contributed by atoms with van der Waals surface area (Å²) >= 11 is 8.31. The van der Waals surface area contributed by atoms with Gasteiger partial charge >= 0.3 is 11.9 Å². The van der Waals surface area contributed by atoms with Crippen LogP contribution in [-0.2, 0) is 37.6 Å². The Bertz CT molecular complexity index is 1670. The number of aromatic nitrogens is 3. The third-order valence-corrected chi connectivity index (χ3v) is 8.91. The van der Waals surface area contributed by atoms with Gasteiger partial charge in [-0.25, -0.2) is 19.1 Å². The molecule has 1 fully saturated rings. The minimum Gasteiger partial charge on any atom is -0.478 e. The predicted octanol–water partition coefficient (Wildman–Crippen LogP) is 0.791. The Hall–Kier alpha value is -4.15. The summed E-state index contributed by atoms with van der Waals surface area (Å²) in [7, 11) is 1.93. The first-order chi connectivity index (χ1) is 19.5. The standard InChI is InChI=1S/C24H22ClN7O7S2/c1-10(22(35)36)39-29-15(14-18(25)41-24(26)28-14)19(33)27-16-20(34)32-17(23(37)38)12(9-40-21(16)32)8-31-6-4-13-11(7-31)3-5-30(13)2/h3-7,10,16,21H,8-9H2,1-2H3,(H4-,26,27,28,33,35,36,37,38)/p+1/b29-15-/t10-,16+,21?/m0/s1. The Kier molecular flexibility index (Phi) is 7.63. The molecule has 2 amide bonds. The Balaban J connectivity index is 1.37. The van der Waals surface area contributed by atoms with Gasteiger partial charge in [0.25, 0.3) is 11.8 Å². The van der Waals surface area contributed by atoms with Gasteiger partial charge in [0, 0.05) is 30.6 Å². The van der Waals surface area contributed by atoms with Crippen LogP contribution < -0.4 is 15.6 Å². The molecule has 214 valence electrons. The normalized spacial score (nSPS) is 19.5. The van der Waals surface area contributed by atoms with E-state index in [0.29, 0.717) is 11.3 Å². The van der Waals surface area contributed by atoms with Crippen LogP contribution in [-0.4, -0.2) is 77.4 Å². The number of fused-ring (bicyclic) bond motifs is 2. The number of pyridine rings is 1. The Morgan fingerprint density at radius 3 is 2.78 bits per heavy atom. The van der Waals surface area contributed by atoms with Gasteiger partial charge in [0.1, 0.15) is 27.1 Å². The fraction of sp³-hybridized carbons (Fsp3) is 0.292. The zero-order chi connectivity index (χ0) is 29.6. The molecule has 3 aromatic heterocycles. The molecule has 0 aliphatic carbocycles. The van der Waals surface area contributed by atoms with Gasteiger partial charge in [-0.3, -0.25) is 14.5 Å². The molecule has 1 unspecified atom stereocenters. The molecule has 5 N–H and O–H groups in total. The van der Waals surface area contributed by atoms with Crippen LogP contribution >= 0.6 is 34.7 Å². The molecule has 0 aromatic carbocycles. The first kappa shape index (κ1) is 28.4. The van der Waals surface area contributed by atoms with E-state index in [1.807, 2.05) is 46.9 Å². The van der Waals surface area contributed by atoms with Gasteiger partial charge in [-0.05, 0) is 13.0 Å². The molecule has 5 heterocycles. The number of aliphatic carboxylic acids is 2. The fourth-order valence-electron chi connectivity index (χ4n) is 4.44. The number of aryl methyl sites for hydroxylation is 1. The molecular formula is C24H23ClN7O7S2+. The smallest absolute Gasteiger partial charge is 0.352 e. The van der Waals surface area contributed by atoms with Crippen molar-refractivity contribution in [3.05, 3.63) is 52.0 Å². The lowest BCUT2D eigenvalue weighted by Gasteiger charge is -2.49. The second-order valence-corrected chi connectivity index (χ2v) is 11.9. The number of halogens is 1. The lowest BCUT2D eigenvalue weighted by atomic mass is 10.0. The minimum atomic E-state index is -1.40. The van der Waals surface area contributed by atoms with E-state index in [0.717, 1.165) is 27.1 Å². The van der Waals surface area contributed by atoms with Crippen LogP contribution in [0.1, 0.15) is 12.6 Å². The van der Waals surface area contributed by atoms with E-state index in [1.165, 1.54) is 18.7 Å². The summed E-state index contributed by atoms with van der Waals surface area (Å²) in [5, 5.41) is 25.6. The number of amides is 2. The van der Waals surface area contributed by atoms with Crippen molar-refractivity contribution in [3.63, 3.8) is 0 Å². The van der Waals surface area contributed by atoms with E-state index in [-0.39, 0.29) is 27.4 Å². The minimum absolute atomic E-state index is 0.00325. The highest BCUT2D eigenvalue weighted by Crippen LogP contribution is 2.40. The zero-order valence-corrected chi connectivity index (χ0v) is 23.9. The molecule has 3 aromatic rings. The molecular weight excluding hydrogens is 598 g/mol. The maximum atomic E-state index is 13.2. The number of nitrogen functional groups attached to an aromatic ring is 1. The monoisotopic (exact) mass is 620 g/mol. The summed E-state index contributed by atoms with van der Waals surface area (Å²) in [6.07, 6.45) is 4.28. The lowest BCUT2D eigenvalue weighted by Crippen LogP contribution is -2.71. The molecule has 3 atom stereocenters. The number of anilines is 1. The van der Waals surface area contributed by atoms with E-state index in [4.69, 9.17) is 27.3 Å². The number of thioether (sulfide) groups is 1. The summed E-state index contributed by atoms with van der Waals surface area (Å²) in [6.45, 7) is 1.46. The number of hydrogen-bond donors (Lipinski definition) is 4. The number of nitrogens with one attached hydrogen (secondary N) is 1. The van der Waals surface area contributed by atoms with Crippen molar-refractivity contribution in [2.75, 3.05) is 11.5 Å². The predicted molar refractivity (Wildman–Crippen MR) is 149 cm³/mol. The summed E-state index contributed by atoms with van der Waals surface area (Å²) in [5.41, 5.74) is 6.49. The molecule has 5 rings (SSSR count). The number of nitrogens with zero attached hydrogens (tertiary/aromatic N) is 5. The number of carbonyl (C=O) groups is 4. The summed E-state index contributed by atoms with van der Waals surface area (Å²) in [4.78, 5) is 59.9. The number of carboxylic acid groups (broad SMARTS) is 2. The summed E-state index contributed by atoms with van der Waals surface area (Å²) in [6, 6.07) is 2.79. The number of hydrogen-bond acceptors (Lipinski definition) is 10. The van der Waals surface area contributed by atoms with Crippen LogP contribution in [0.5, 0.6) is 0 Å². The van der Waals surface area contributed by atoms with Crippen LogP contribution in [0.3, 0.4) is 0 Å². The molecule has 0 saturated carbocycles. The third-order valence-electron chi connectivity index (χ3n) is 6.48. The Morgan fingerprint density at radius 2 is 2.12 bits per heavy atom. The maximum Gasteiger partial charge on any atom is 0.352 e. The van der Waals surface area contributed by atoms with Crippen molar-refractivity contribution in [2.24, 2.45) is 12.2 Å². The highest BCUT2D eigenvalue weighted by atomic mass is 35.5. The van der Waals surface area contributed by atoms with Crippen LogP contribution in [0, 0.1) is 0 Å². The average molecular weight is 621 g/mol. The summed E-state index contributed by atoms with van der Waals surface area (Å²) in [5.74, 6) is -3.83. The van der Waals surface area contributed by atoms with Crippen molar-refractivity contribution in [3.8, 4) is 0 Å². The fourth-order valence-corrected chi connectivity index (χ4v) is 6.70. The topological polar surface area (TPSA) is 193 Å². The quantitative estimate of drug-likeness (QED) is 0.115. The highest BCUT2D eigenvalue weighted by Gasteiger charge is 2.55. The Labute approximate surface area is 245 Å². The largest absolute Gasteiger partial charge is 0.478 e. The molecule has 0 spiro atoms. The number of nitrogens with two attached hydrogens (primary N) is 1. The molecule has 0 bridgehead atoms. The van der Waals surface area contributed by atoms with Crippen LogP contribution in [0.25, 0.3) is 10.9 Å². The van der Waals surface area contributed by atoms with Crippen molar-refractivity contribution >= 4 is 80.2 Å². The van der Waals surface area contributed by atoms with Crippen LogP contribution in [0.4, 0.5) is 5.13 Å². The summed E-state index contributed by atoms with van der Waals surface area (Å²) < 4.78 is 3.83. The first-order valence-corrected chi connectivity index (χ1v) is 14.2. The number of oxime groups is 1. The van der Waals surface area contributed by atoms with Gasteiger partial charge in [0.15, 0.2) is 29.8 Å². The number of β-lactam (4-membered cyclic amide) rings is 1. The van der Waals surface area contributed by atoms with Gasteiger partial charge in [-0.2, -0.15) is 0 Å². The van der Waals surface area contributed by atoms with E-state index in [2.05, 4.69) is 15.5 Å². The maximum absolute atomic E-state index is 13.2. The Morgan fingerprint density at radius 1 is 1.37 bits per heavy atom. The molecule has 2 aliphatic heterocycles. The van der Waals surface area contributed by atoms with Gasteiger partial charge in [-0.15, -0.1) is 11.8 Å². The molecule has 1 saturated heterocycles. The number of rotatable bonds is 9. The second-order valence-electron chi connectivity index (χ2n) is 9.20. The number of carboxylic acids is 2. The van der Waals surface area contributed by atoms with E-state index in [9.17, 15) is 24.3 Å². The van der Waals surface area contributed by atoms with Crippen molar-refractivity contribution in [1.29, 1.82) is 0 Å². The third kappa shape index (κ3) is 5.32. The van der Waals surface area contributed by atoms with Gasteiger partial charge in [0.2, 0.25) is 6.10 Å². The van der Waals surface area contributed by atoms with Gasteiger partial charge < -0.3 is 30.7 Å². The molecule has 14 nitrogen and oxygen atoms in total. The van der Waals surface area contributed by atoms with Gasteiger partial charge in [0.05, 0.1) is 10.9 Å². The van der Waals surface area contributed by atoms with E-state index in [1.54, 1.807) is 0 Å². The SMILES string of the molecule is C[C@H](O/N=C(\C(=O)N[C@@H]1C(=O)N2C(C(=O)O)=C(C[n+]3ccc4c(ccn4C)c3)CSC12)c1nc(N)sc1Cl)C(=O)O. The highest BCUT2D eigenvalue weighted by molar-refractivity contribution is 8.00. The van der Waals surface area contributed by atoms with Crippen LogP contribution in [0.2, 0.25) is 4.34 Å². The number of thiazole rings is 1. The first-order valence-electron chi connectivity index (χ1n) is 12.0. The second kappa shape index (κ2) is 11.0. The van der Waals surface area contributed by atoms with Crippen molar-refractivity contribution in [1.82, 2.24) is 19.8 Å². The van der Waals surface area contributed by atoms with E-state index < -0.39 is 47.0 Å². The van der Waals surface area contributed by atoms with E-state index >= 15 is 0 Å². The lowest BCUT2D eigenvalue weighted by molar-refractivity contribution is -0.687. The van der Waals surface area contributed by atoms with Gasteiger partial charge in [-0.1, -0.05) is 28.1 Å². The zero-order valence-electron chi connectivity index (χ0n) is 21.5. The van der Waals surface area contributed by atoms with Crippen LogP contribution in [0.15, 0.2) is 47.1 Å². The number of carbonyl (C=O) groups excluding carboxylic acids is 2. The molecule has 0 radical (unpaired) electrons. The molecule has 41 heavy (non-hydrogen) atoms. The van der Waals surface area contributed by atoms with Crippen molar-refractivity contribution in [2.45, 2.75) is 31.0 Å². The van der Waals surface area contributed by atoms with Crippen molar-refractivity contribution < 1.29 is 38.8 Å². The molecule has 17 heteroatoms. The molecule has 2 aliphatic rings.